The second kappa shape index (κ2) is 7.94. The number of nitrogens with zero attached hydrogens (tertiary/aromatic N) is 1. The fourth-order valence-corrected chi connectivity index (χ4v) is 4.06. The summed E-state index contributed by atoms with van der Waals surface area (Å²) in [4.78, 5) is 16.6. The molecule has 1 amide bonds. The standard InChI is InChI=1S/C18H19N3O3S2/c19-26(23,24)14-11-9-13(10-12-14)20-17(22)7-3-4-8-18-21-15-5-1-2-6-16(15)25-18/h1-2,5-6,9-12H,3-4,7-8H2,(H,20,22)(H2,19,23,24). The van der Waals surface area contributed by atoms with E-state index >= 15 is 0 Å². The van der Waals surface area contributed by atoms with Gasteiger partial charge in [-0.05, 0) is 55.7 Å². The number of thiazole rings is 1. The molecule has 0 spiro atoms. The quantitative estimate of drug-likeness (QED) is 0.605. The molecule has 0 aliphatic heterocycles. The largest absolute Gasteiger partial charge is 0.326 e. The third-order valence-corrected chi connectivity index (χ3v) is 5.87. The van der Waals surface area contributed by atoms with Gasteiger partial charge in [0.25, 0.3) is 0 Å². The van der Waals surface area contributed by atoms with Gasteiger partial charge in [-0.25, -0.2) is 18.5 Å². The second-order valence-electron chi connectivity index (χ2n) is 5.90. The van der Waals surface area contributed by atoms with Crippen LogP contribution < -0.4 is 10.5 Å². The number of unbranched alkanes of at least 4 members (excludes halogenated alkanes) is 1. The molecule has 1 heterocycles. The molecule has 1 aromatic heterocycles. The van der Waals surface area contributed by atoms with Crippen LogP contribution in [0, 0.1) is 0 Å². The topological polar surface area (TPSA) is 102 Å². The van der Waals surface area contributed by atoms with Crippen LogP contribution in [0.2, 0.25) is 0 Å². The first-order valence-electron chi connectivity index (χ1n) is 8.19. The van der Waals surface area contributed by atoms with Gasteiger partial charge in [0, 0.05) is 12.1 Å². The minimum Gasteiger partial charge on any atom is -0.326 e. The van der Waals surface area contributed by atoms with Gasteiger partial charge in [-0.1, -0.05) is 12.1 Å². The van der Waals surface area contributed by atoms with Crippen LogP contribution in [0.4, 0.5) is 5.69 Å². The summed E-state index contributed by atoms with van der Waals surface area (Å²) in [6, 6.07) is 13.8. The van der Waals surface area contributed by atoms with Crippen molar-refractivity contribution in [2.45, 2.75) is 30.6 Å². The lowest BCUT2D eigenvalue weighted by Gasteiger charge is -2.06. The summed E-state index contributed by atoms with van der Waals surface area (Å²) in [6.45, 7) is 0. The number of carbonyl (C=O) groups excluding carboxylic acids is 1. The SMILES string of the molecule is NS(=O)(=O)c1ccc(NC(=O)CCCCc2nc3ccccc3s2)cc1. The number of amides is 1. The van der Waals surface area contributed by atoms with Crippen LogP contribution in [0.15, 0.2) is 53.4 Å². The zero-order valence-corrected chi connectivity index (χ0v) is 15.6. The monoisotopic (exact) mass is 389 g/mol. The smallest absolute Gasteiger partial charge is 0.238 e. The number of para-hydroxylation sites is 1. The van der Waals surface area contributed by atoms with E-state index in [-0.39, 0.29) is 10.8 Å². The van der Waals surface area contributed by atoms with Gasteiger partial charge in [0.1, 0.15) is 0 Å². The predicted molar refractivity (Wildman–Crippen MR) is 104 cm³/mol. The van der Waals surface area contributed by atoms with Crippen molar-refractivity contribution in [1.29, 1.82) is 0 Å². The highest BCUT2D eigenvalue weighted by Gasteiger charge is 2.08. The Morgan fingerprint density at radius 2 is 1.81 bits per heavy atom. The van der Waals surface area contributed by atoms with Crippen molar-refractivity contribution in [1.82, 2.24) is 4.98 Å². The summed E-state index contributed by atoms with van der Waals surface area (Å²) < 4.78 is 23.6. The molecule has 0 radical (unpaired) electrons. The first kappa shape index (κ1) is 18.5. The average Bonchev–Trinajstić information content (AvgIpc) is 3.01. The molecule has 6 nitrogen and oxygen atoms in total. The van der Waals surface area contributed by atoms with E-state index in [1.165, 1.54) is 29.0 Å². The van der Waals surface area contributed by atoms with Crippen molar-refractivity contribution in [3.05, 3.63) is 53.5 Å². The van der Waals surface area contributed by atoms with Crippen molar-refractivity contribution in [2.75, 3.05) is 5.32 Å². The molecule has 3 aromatic rings. The minimum absolute atomic E-state index is 0.0198. The van der Waals surface area contributed by atoms with Gasteiger partial charge in [0.2, 0.25) is 15.9 Å². The highest BCUT2D eigenvalue weighted by Crippen LogP contribution is 2.23. The summed E-state index contributed by atoms with van der Waals surface area (Å²) in [7, 11) is -3.72. The lowest BCUT2D eigenvalue weighted by Crippen LogP contribution is -2.13. The van der Waals surface area contributed by atoms with Crippen LogP contribution >= 0.6 is 11.3 Å². The number of hydrogen-bond donors (Lipinski definition) is 2. The Morgan fingerprint density at radius 3 is 2.50 bits per heavy atom. The van der Waals surface area contributed by atoms with Gasteiger partial charge in [-0.2, -0.15) is 0 Å². The molecule has 3 N–H and O–H groups in total. The van der Waals surface area contributed by atoms with E-state index in [1.54, 1.807) is 11.3 Å². The molecular weight excluding hydrogens is 370 g/mol. The number of rotatable bonds is 7. The molecule has 8 heteroatoms. The summed E-state index contributed by atoms with van der Waals surface area (Å²) >= 11 is 1.69. The van der Waals surface area contributed by atoms with E-state index in [0.29, 0.717) is 12.1 Å². The Morgan fingerprint density at radius 1 is 1.08 bits per heavy atom. The number of primary sulfonamides is 1. The first-order valence-corrected chi connectivity index (χ1v) is 10.6. The van der Waals surface area contributed by atoms with Crippen molar-refractivity contribution >= 4 is 43.2 Å². The van der Waals surface area contributed by atoms with Crippen molar-refractivity contribution in [3.8, 4) is 0 Å². The third-order valence-electron chi connectivity index (χ3n) is 3.85. The second-order valence-corrected chi connectivity index (χ2v) is 8.58. The molecule has 0 aliphatic rings. The Balaban J connectivity index is 1.44. The van der Waals surface area contributed by atoms with Crippen LogP contribution in [0.3, 0.4) is 0 Å². The van der Waals surface area contributed by atoms with E-state index in [4.69, 9.17) is 5.14 Å². The van der Waals surface area contributed by atoms with Gasteiger partial charge in [0.15, 0.2) is 0 Å². The van der Waals surface area contributed by atoms with Crippen molar-refractivity contribution in [3.63, 3.8) is 0 Å². The lowest BCUT2D eigenvalue weighted by molar-refractivity contribution is -0.116. The zero-order chi connectivity index (χ0) is 18.6. The molecule has 0 bridgehead atoms. The Kier molecular flexibility index (Phi) is 5.65. The van der Waals surface area contributed by atoms with Gasteiger partial charge in [-0.15, -0.1) is 11.3 Å². The fourth-order valence-electron chi connectivity index (χ4n) is 2.54. The van der Waals surface area contributed by atoms with Gasteiger partial charge in [0.05, 0.1) is 20.1 Å². The number of nitrogens with one attached hydrogen (secondary N) is 1. The molecule has 0 fully saturated rings. The number of benzene rings is 2. The molecule has 26 heavy (non-hydrogen) atoms. The molecule has 0 unspecified atom stereocenters. The number of nitrogens with two attached hydrogens (primary N) is 1. The molecule has 136 valence electrons. The Labute approximate surface area is 156 Å². The van der Waals surface area contributed by atoms with Crippen molar-refractivity contribution < 1.29 is 13.2 Å². The highest BCUT2D eigenvalue weighted by molar-refractivity contribution is 7.89. The molecule has 0 saturated carbocycles. The van der Waals surface area contributed by atoms with E-state index in [0.717, 1.165) is 29.8 Å². The van der Waals surface area contributed by atoms with Crippen LogP contribution in [-0.4, -0.2) is 19.3 Å². The molecule has 0 atom stereocenters. The number of carbonyl (C=O) groups is 1. The minimum atomic E-state index is -3.72. The van der Waals surface area contributed by atoms with Gasteiger partial charge in [-0.3, -0.25) is 4.79 Å². The summed E-state index contributed by atoms with van der Waals surface area (Å²) in [5.74, 6) is -0.0994. The van der Waals surface area contributed by atoms with Crippen LogP contribution in [0.5, 0.6) is 0 Å². The Bertz CT molecular complexity index is 979. The summed E-state index contributed by atoms with van der Waals surface area (Å²) in [5.41, 5.74) is 1.57. The maximum atomic E-state index is 12.0. The van der Waals surface area contributed by atoms with Gasteiger partial charge < -0.3 is 5.32 Å². The zero-order valence-electron chi connectivity index (χ0n) is 14.0. The lowest BCUT2D eigenvalue weighted by atomic mass is 10.2. The highest BCUT2D eigenvalue weighted by atomic mass is 32.2. The van der Waals surface area contributed by atoms with E-state index in [9.17, 15) is 13.2 Å². The predicted octanol–water partition coefficient (Wildman–Crippen LogP) is 3.30. The number of sulfonamides is 1. The number of fused-ring (bicyclic) bond motifs is 1. The summed E-state index contributed by atoms with van der Waals surface area (Å²) in [6.07, 6.45) is 2.91. The number of aryl methyl sites for hydroxylation is 1. The molecule has 0 aliphatic carbocycles. The van der Waals surface area contributed by atoms with Crippen LogP contribution in [-0.2, 0) is 21.2 Å². The van der Waals surface area contributed by atoms with Crippen molar-refractivity contribution in [2.24, 2.45) is 5.14 Å². The number of anilines is 1. The van der Waals surface area contributed by atoms with Crippen LogP contribution in [0.1, 0.15) is 24.3 Å². The van der Waals surface area contributed by atoms with Crippen LogP contribution in [0.25, 0.3) is 10.2 Å². The fraction of sp³-hybridized carbons (Fsp3) is 0.222. The number of aromatic nitrogens is 1. The maximum Gasteiger partial charge on any atom is 0.238 e. The van der Waals surface area contributed by atoms with Gasteiger partial charge >= 0.3 is 0 Å². The maximum absolute atomic E-state index is 12.0. The average molecular weight is 390 g/mol. The normalized spacial score (nSPS) is 11.6. The first-order chi connectivity index (χ1) is 12.4. The molecular formula is C18H19N3O3S2. The Hall–Kier alpha value is -2.29. The molecule has 2 aromatic carbocycles. The van der Waals surface area contributed by atoms with E-state index < -0.39 is 10.0 Å². The third kappa shape index (κ3) is 4.87. The summed E-state index contributed by atoms with van der Waals surface area (Å²) in [5, 5.41) is 8.88. The molecule has 3 rings (SSSR count). The number of hydrogen-bond acceptors (Lipinski definition) is 5. The van der Waals surface area contributed by atoms with E-state index in [1.807, 2.05) is 18.2 Å². The molecule has 0 saturated heterocycles. The van der Waals surface area contributed by atoms with E-state index in [2.05, 4.69) is 16.4 Å².